The van der Waals surface area contributed by atoms with Crippen molar-refractivity contribution in [1.29, 1.82) is 0 Å². The Morgan fingerprint density at radius 1 is 1.15 bits per heavy atom. The van der Waals surface area contributed by atoms with Crippen LogP contribution < -0.4 is 14.4 Å². The summed E-state index contributed by atoms with van der Waals surface area (Å²) < 4.78 is 43.9. The number of carbonyl (C=O) groups is 1. The number of hydrogen-bond donors (Lipinski definition) is 0. The van der Waals surface area contributed by atoms with Gasteiger partial charge in [0.1, 0.15) is 11.6 Å². The van der Waals surface area contributed by atoms with Crippen molar-refractivity contribution < 1.29 is 27.5 Å². The first-order valence-corrected chi connectivity index (χ1v) is 11.4. The molecule has 12 heteroatoms. The maximum atomic E-state index is 14.2. The van der Waals surface area contributed by atoms with Crippen LogP contribution in [0.5, 0.6) is 11.5 Å². The number of nitrogens with zero attached hydrogens (tertiary/aromatic N) is 4. The van der Waals surface area contributed by atoms with Gasteiger partial charge in [0.25, 0.3) is 5.22 Å². The van der Waals surface area contributed by atoms with Gasteiger partial charge in [-0.15, -0.1) is 21.5 Å². The number of aromatic nitrogens is 3. The molecule has 0 bridgehead atoms. The summed E-state index contributed by atoms with van der Waals surface area (Å²) in [6, 6.07) is 8.36. The molecule has 168 valence electrons. The van der Waals surface area contributed by atoms with Crippen molar-refractivity contribution in [3.63, 3.8) is 0 Å². The van der Waals surface area contributed by atoms with Crippen molar-refractivity contribution >= 4 is 39.8 Å². The lowest BCUT2D eigenvalue weighted by molar-refractivity contribution is -0.115. The van der Waals surface area contributed by atoms with Crippen molar-refractivity contribution in [2.75, 3.05) is 11.7 Å². The molecule has 3 heterocycles. The van der Waals surface area contributed by atoms with Crippen LogP contribution in [0, 0.1) is 11.6 Å². The topological polar surface area (TPSA) is 90.6 Å². The Kier molecular flexibility index (Phi) is 5.68. The highest BCUT2D eigenvalue weighted by molar-refractivity contribution is 7.98. The Bertz CT molecular complexity index is 1340. The van der Waals surface area contributed by atoms with Crippen molar-refractivity contribution in [1.82, 2.24) is 15.2 Å². The molecule has 0 fully saturated rings. The monoisotopic (exact) mass is 488 g/mol. The van der Waals surface area contributed by atoms with E-state index in [1.54, 1.807) is 23.6 Å². The minimum atomic E-state index is -0.849. The molecule has 1 aliphatic heterocycles. The minimum absolute atomic E-state index is 0.0669. The van der Waals surface area contributed by atoms with Crippen molar-refractivity contribution in [2.45, 2.75) is 17.9 Å². The van der Waals surface area contributed by atoms with Crippen LogP contribution in [-0.2, 0) is 10.5 Å². The summed E-state index contributed by atoms with van der Waals surface area (Å²) in [7, 11) is 0. The summed E-state index contributed by atoms with van der Waals surface area (Å²) in [4.78, 5) is 17.7. The molecule has 1 amide bonds. The lowest BCUT2D eigenvalue weighted by Gasteiger charge is -2.18. The predicted molar refractivity (Wildman–Crippen MR) is 117 cm³/mol. The molecular weight excluding hydrogens is 474 g/mol. The Labute approximate surface area is 194 Å². The zero-order valence-electron chi connectivity index (χ0n) is 16.9. The predicted octanol–water partition coefficient (Wildman–Crippen LogP) is 5.18. The van der Waals surface area contributed by atoms with E-state index in [1.165, 1.54) is 36.1 Å². The van der Waals surface area contributed by atoms with Gasteiger partial charge < -0.3 is 13.9 Å². The van der Waals surface area contributed by atoms with E-state index in [0.29, 0.717) is 39.6 Å². The maximum absolute atomic E-state index is 14.2. The van der Waals surface area contributed by atoms with Crippen molar-refractivity contribution in [3.8, 4) is 23.0 Å². The fraction of sp³-hybridized carbons (Fsp3) is 0.143. The molecule has 0 unspecified atom stereocenters. The zero-order chi connectivity index (χ0) is 22.9. The number of hydrogen-bond acceptors (Lipinski definition) is 9. The number of carbonyl (C=O) groups excluding carboxylic acids is 1. The van der Waals surface area contributed by atoms with Crippen LogP contribution in [0.15, 0.2) is 51.4 Å². The maximum Gasteiger partial charge on any atom is 0.277 e. The van der Waals surface area contributed by atoms with Crippen LogP contribution in [-0.4, -0.2) is 27.9 Å². The smallest absolute Gasteiger partial charge is 0.277 e. The lowest BCUT2D eigenvalue weighted by atomic mass is 10.2. The van der Waals surface area contributed by atoms with Crippen LogP contribution in [0.25, 0.3) is 11.5 Å². The fourth-order valence-corrected chi connectivity index (χ4v) is 4.73. The van der Waals surface area contributed by atoms with Gasteiger partial charge in [0, 0.05) is 29.7 Å². The van der Waals surface area contributed by atoms with E-state index in [2.05, 4.69) is 15.2 Å². The fourth-order valence-electron chi connectivity index (χ4n) is 3.09. The average molecular weight is 488 g/mol. The van der Waals surface area contributed by atoms with Crippen LogP contribution in [0.4, 0.5) is 19.6 Å². The second kappa shape index (κ2) is 8.79. The first kappa shape index (κ1) is 21.3. The zero-order valence-corrected chi connectivity index (χ0v) is 18.6. The molecule has 0 aliphatic carbocycles. The van der Waals surface area contributed by atoms with E-state index in [4.69, 9.17) is 13.9 Å². The molecule has 1 aliphatic rings. The molecule has 0 radical (unpaired) electrons. The highest BCUT2D eigenvalue weighted by Gasteiger charge is 2.22. The third kappa shape index (κ3) is 4.39. The van der Waals surface area contributed by atoms with Gasteiger partial charge >= 0.3 is 0 Å². The highest BCUT2D eigenvalue weighted by Crippen LogP contribution is 2.37. The molecule has 5 rings (SSSR count). The van der Waals surface area contributed by atoms with Gasteiger partial charge in [0.2, 0.25) is 18.6 Å². The summed E-state index contributed by atoms with van der Waals surface area (Å²) in [5.74, 6) is -0.0240. The molecule has 0 atom stereocenters. The number of benzene rings is 2. The Balaban J connectivity index is 1.29. The van der Waals surface area contributed by atoms with E-state index in [1.807, 2.05) is 0 Å². The number of anilines is 2. The van der Waals surface area contributed by atoms with Crippen LogP contribution >= 0.6 is 23.1 Å². The number of fused-ring (bicyclic) bond motifs is 1. The molecule has 4 aromatic rings. The Morgan fingerprint density at radius 3 is 2.82 bits per heavy atom. The third-order valence-corrected chi connectivity index (χ3v) is 6.29. The number of rotatable bonds is 6. The van der Waals surface area contributed by atoms with Gasteiger partial charge in [-0.25, -0.2) is 13.8 Å². The van der Waals surface area contributed by atoms with Crippen LogP contribution in [0.3, 0.4) is 0 Å². The first-order chi connectivity index (χ1) is 16.0. The van der Waals surface area contributed by atoms with E-state index in [0.717, 1.165) is 17.0 Å². The van der Waals surface area contributed by atoms with Crippen molar-refractivity contribution in [3.05, 3.63) is 59.1 Å². The molecular formula is C21H14F2N4O4S2. The lowest BCUT2D eigenvalue weighted by Crippen LogP contribution is -2.23. The molecule has 8 nitrogen and oxygen atoms in total. The van der Waals surface area contributed by atoms with Gasteiger partial charge in [0.15, 0.2) is 16.6 Å². The largest absolute Gasteiger partial charge is 0.454 e. The number of halogens is 2. The van der Waals surface area contributed by atoms with E-state index in [-0.39, 0.29) is 17.6 Å². The van der Waals surface area contributed by atoms with E-state index >= 15 is 0 Å². The quantitative estimate of drug-likeness (QED) is 0.343. The van der Waals surface area contributed by atoms with E-state index < -0.39 is 17.5 Å². The molecule has 0 saturated heterocycles. The second-order valence-corrected chi connectivity index (χ2v) is 8.56. The minimum Gasteiger partial charge on any atom is -0.454 e. The summed E-state index contributed by atoms with van der Waals surface area (Å²) in [5, 5.41) is 10.5. The van der Waals surface area contributed by atoms with Gasteiger partial charge in [0.05, 0.1) is 11.4 Å². The third-order valence-electron chi connectivity index (χ3n) is 4.57. The molecule has 33 heavy (non-hydrogen) atoms. The first-order valence-electron chi connectivity index (χ1n) is 9.54. The van der Waals surface area contributed by atoms with Gasteiger partial charge in [-0.1, -0.05) is 11.8 Å². The number of amides is 1. The second-order valence-electron chi connectivity index (χ2n) is 6.80. The SMILES string of the molecule is CC(=O)N(c1nc(CSc2nnc(-c3ccc4c(c3)OCO4)o2)cs1)c1ccc(F)cc1F. The number of ether oxygens (including phenoxy) is 2. The molecule has 2 aromatic carbocycles. The van der Waals surface area contributed by atoms with Gasteiger partial charge in [-0.2, -0.15) is 0 Å². The molecule has 0 saturated carbocycles. The normalized spacial score (nSPS) is 12.2. The molecule has 0 N–H and O–H groups in total. The van der Waals surface area contributed by atoms with Crippen LogP contribution in [0.1, 0.15) is 12.6 Å². The summed E-state index contributed by atoms with van der Waals surface area (Å²) in [6.45, 7) is 1.46. The standard InChI is InChI=1S/C21H14F2N4O4S2/c1-11(28)27(16-4-3-13(22)7-15(16)23)20-24-14(8-32-20)9-33-21-26-25-19(31-21)12-2-5-17-18(6-12)30-10-29-17/h2-8H,9-10H2,1H3. The average Bonchev–Trinajstić information content (AvgIpc) is 3.54. The number of thioether (sulfide) groups is 1. The number of thiazole rings is 1. The molecule has 0 spiro atoms. The summed E-state index contributed by atoms with van der Waals surface area (Å²) >= 11 is 2.44. The van der Waals surface area contributed by atoms with Gasteiger partial charge in [-0.05, 0) is 30.3 Å². The Morgan fingerprint density at radius 2 is 2.00 bits per heavy atom. The summed E-state index contributed by atoms with van der Waals surface area (Å²) in [5.41, 5.74) is 1.27. The Hall–Kier alpha value is -3.51. The van der Waals surface area contributed by atoms with Gasteiger partial charge in [-0.3, -0.25) is 9.69 Å². The highest BCUT2D eigenvalue weighted by atomic mass is 32.2. The van der Waals surface area contributed by atoms with Crippen LogP contribution in [0.2, 0.25) is 0 Å². The molecule has 2 aromatic heterocycles. The summed E-state index contributed by atoms with van der Waals surface area (Å²) in [6.07, 6.45) is 0. The van der Waals surface area contributed by atoms with E-state index in [9.17, 15) is 13.6 Å². The van der Waals surface area contributed by atoms with Crippen molar-refractivity contribution in [2.24, 2.45) is 0 Å².